The minimum absolute atomic E-state index is 0.548. The molecule has 0 unspecified atom stereocenters. The zero-order valence-corrected chi connectivity index (χ0v) is 10.1. The van der Waals surface area contributed by atoms with Crippen molar-refractivity contribution in [1.82, 2.24) is 4.98 Å². The third-order valence-electron chi connectivity index (χ3n) is 2.33. The highest BCUT2D eigenvalue weighted by molar-refractivity contribution is 5.57. The first-order valence-corrected chi connectivity index (χ1v) is 5.68. The normalized spacial score (nSPS) is 9.56. The summed E-state index contributed by atoms with van der Waals surface area (Å²) < 4.78 is 5.36. The lowest BCUT2D eigenvalue weighted by atomic mass is 10.3. The van der Waals surface area contributed by atoms with Crippen LogP contribution in [0.1, 0.15) is 12.5 Å². The zero-order valence-electron chi connectivity index (χ0n) is 10.1. The van der Waals surface area contributed by atoms with Gasteiger partial charge < -0.3 is 10.1 Å². The van der Waals surface area contributed by atoms with Crippen molar-refractivity contribution in [2.75, 3.05) is 11.9 Å². The van der Waals surface area contributed by atoms with Gasteiger partial charge in [-0.15, -0.1) is 0 Å². The molecule has 4 nitrogen and oxygen atoms in total. The van der Waals surface area contributed by atoms with E-state index in [0.29, 0.717) is 18.0 Å². The molecule has 0 amide bonds. The topological polar surface area (TPSA) is 57.9 Å². The van der Waals surface area contributed by atoms with Gasteiger partial charge in [-0.25, -0.2) is 4.98 Å². The van der Waals surface area contributed by atoms with Crippen LogP contribution in [0.25, 0.3) is 0 Å². The molecule has 0 saturated carbocycles. The van der Waals surface area contributed by atoms with E-state index in [1.54, 1.807) is 12.1 Å². The number of anilines is 2. The quantitative estimate of drug-likeness (QED) is 0.890. The van der Waals surface area contributed by atoms with Crippen LogP contribution in [-0.4, -0.2) is 11.6 Å². The van der Waals surface area contributed by atoms with Gasteiger partial charge in [-0.05, 0) is 43.3 Å². The van der Waals surface area contributed by atoms with Crippen molar-refractivity contribution in [2.45, 2.75) is 6.92 Å². The summed E-state index contributed by atoms with van der Waals surface area (Å²) in [7, 11) is 0. The summed E-state index contributed by atoms with van der Waals surface area (Å²) in [5.41, 5.74) is 1.47. The minimum Gasteiger partial charge on any atom is -0.494 e. The summed E-state index contributed by atoms with van der Waals surface area (Å²) in [6.07, 6.45) is 1.54. The van der Waals surface area contributed by atoms with Crippen LogP contribution in [0.2, 0.25) is 0 Å². The molecule has 90 valence electrons. The number of nitrogens with zero attached hydrogens (tertiary/aromatic N) is 2. The second-order valence-electron chi connectivity index (χ2n) is 3.63. The summed E-state index contributed by atoms with van der Waals surface area (Å²) in [6, 6.07) is 13.2. The van der Waals surface area contributed by atoms with E-state index in [1.807, 2.05) is 37.3 Å². The molecule has 0 fully saturated rings. The highest BCUT2D eigenvalue weighted by Gasteiger charge is 1.97. The van der Waals surface area contributed by atoms with Gasteiger partial charge in [-0.2, -0.15) is 5.26 Å². The third kappa shape index (κ3) is 2.98. The van der Waals surface area contributed by atoms with Crippen molar-refractivity contribution >= 4 is 11.5 Å². The van der Waals surface area contributed by atoms with Gasteiger partial charge in [-0.1, -0.05) is 0 Å². The van der Waals surface area contributed by atoms with E-state index < -0.39 is 0 Å². The van der Waals surface area contributed by atoms with E-state index in [9.17, 15) is 0 Å². The molecular formula is C14H13N3O. The van der Waals surface area contributed by atoms with Crippen LogP contribution >= 0.6 is 0 Å². The Morgan fingerprint density at radius 2 is 2.00 bits per heavy atom. The van der Waals surface area contributed by atoms with Gasteiger partial charge in [-0.3, -0.25) is 0 Å². The van der Waals surface area contributed by atoms with Crippen LogP contribution in [0.5, 0.6) is 5.75 Å². The fraction of sp³-hybridized carbons (Fsp3) is 0.143. The Labute approximate surface area is 106 Å². The molecule has 4 heteroatoms. The number of nitriles is 1. The predicted molar refractivity (Wildman–Crippen MR) is 69.8 cm³/mol. The van der Waals surface area contributed by atoms with Crippen LogP contribution in [0.3, 0.4) is 0 Å². The molecule has 0 spiro atoms. The third-order valence-corrected chi connectivity index (χ3v) is 2.33. The van der Waals surface area contributed by atoms with E-state index >= 15 is 0 Å². The Morgan fingerprint density at radius 1 is 1.22 bits per heavy atom. The standard InChI is InChI=1S/C14H13N3O/c1-2-18-13-6-4-12(5-7-13)17-14-8-3-11(9-15)10-16-14/h3-8,10H,2H2,1H3,(H,16,17). The van der Waals surface area contributed by atoms with Crippen molar-refractivity contribution in [3.8, 4) is 11.8 Å². The van der Waals surface area contributed by atoms with E-state index in [1.165, 1.54) is 6.20 Å². The van der Waals surface area contributed by atoms with Crippen molar-refractivity contribution in [1.29, 1.82) is 5.26 Å². The number of ether oxygens (including phenoxy) is 1. The average molecular weight is 239 g/mol. The van der Waals surface area contributed by atoms with Gasteiger partial charge >= 0.3 is 0 Å². The maximum atomic E-state index is 8.67. The van der Waals surface area contributed by atoms with Gasteiger partial charge in [0.25, 0.3) is 0 Å². The Hall–Kier alpha value is -2.54. The number of pyridine rings is 1. The largest absolute Gasteiger partial charge is 0.494 e. The molecule has 0 saturated heterocycles. The lowest BCUT2D eigenvalue weighted by molar-refractivity contribution is 0.340. The molecule has 1 aromatic carbocycles. The SMILES string of the molecule is CCOc1ccc(Nc2ccc(C#N)cn2)cc1. The Balaban J connectivity index is 2.06. The smallest absolute Gasteiger partial charge is 0.130 e. The summed E-state index contributed by atoms with van der Waals surface area (Å²) >= 11 is 0. The van der Waals surface area contributed by atoms with Crippen molar-refractivity contribution in [2.24, 2.45) is 0 Å². The maximum Gasteiger partial charge on any atom is 0.130 e. The molecule has 1 N–H and O–H groups in total. The number of nitrogens with one attached hydrogen (secondary N) is 1. The first-order chi connectivity index (χ1) is 8.81. The van der Waals surface area contributed by atoms with E-state index in [4.69, 9.17) is 10.00 Å². The number of benzene rings is 1. The van der Waals surface area contributed by atoms with Crippen molar-refractivity contribution in [3.63, 3.8) is 0 Å². The van der Waals surface area contributed by atoms with Gasteiger partial charge in [0.1, 0.15) is 17.6 Å². The highest BCUT2D eigenvalue weighted by atomic mass is 16.5. The predicted octanol–water partition coefficient (Wildman–Crippen LogP) is 3.10. The second-order valence-corrected chi connectivity index (χ2v) is 3.63. The van der Waals surface area contributed by atoms with Crippen LogP contribution < -0.4 is 10.1 Å². The Kier molecular flexibility index (Phi) is 3.77. The second kappa shape index (κ2) is 5.69. The van der Waals surface area contributed by atoms with Gasteiger partial charge in [0.15, 0.2) is 0 Å². The highest BCUT2D eigenvalue weighted by Crippen LogP contribution is 2.18. The molecule has 2 rings (SSSR count). The van der Waals surface area contributed by atoms with Crippen LogP contribution in [0.4, 0.5) is 11.5 Å². The first-order valence-electron chi connectivity index (χ1n) is 5.68. The molecule has 1 aromatic heterocycles. The van der Waals surface area contributed by atoms with E-state index in [2.05, 4.69) is 10.3 Å². The molecule has 0 aliphatic heterocycles. The van der Waals surface area contributed by atoms with Gasteiger partial charge in [0.2, 0.25) is 0 Å². The monoisotopic (exact) mass is 239 g/mol. The summed E-state index contributed by atoms with van der Waals surface area (Å²) in [5, 5.41) is 11.8. The lowest BCUT2D eigenvalue weighted by Gasteiger charge is -2.07. The number of rotatable bonds is 4. The molecule has 0 aliphatic carbocycles. The number of hydrogen-bond acceptors (Lipinski definition) is 4. The van der Waals surface area contributed by atoms with E-state index in [-0.39, 0.29) is 0 Å². The molecule has 1 heterocycles. The fourth-order valence-electron chi connectivity index (χ4n) is 1.48. The first kappa shape index (κ1) is 11.9. The van der Waals surface area contributed by atoms with Gasteiger partial charge in [0, 0.05) is 11.9 Å². The van der Waals surface area contributed by atoms with Crippen LogP contribution in [-0.2, 0) is 0 Å². The summed E-state index contributed by atoms with van der Waals surface area (Å²) in [4.78, 5) is 4.14. The van der Waals surface area contributed by atoms with E-state index in [0.717, 1.165) is 11.4 Å². The van der Waals surface area contributed by atoms with Crippen molar-refractivity contribution in [3.05, 3.63) is 48.2 Å². The molecule has 0 atom stereocenters. The van der Waals surface area contributed by atoms with Crippen LogP contribution in [0, 0.1) is 11.3 Å². The summed E-state index contributed by atoms with van der Waals surface area (Å²) in [6.45, 7) is 2.61. The maximum absolute atomic E-state index is 8.67. The van der Waals surface area contributed by atoms with Crippen molar-refractivity contribution < 1.29 is 4.74 Å². The fourth-order valence-corrected chi connectivity index (χ4v) is 1.48. The lowest BCUT2D eigenvalue weighted by Crippen LogP contribution is -1.94. The zero-order chi connectivity index (χ0) is 12.8. The molecule has 2 aromatic rings. The number of hydrogen-bond donors (Lipinski definition) is 1. The Bertz CT molecular complexity index is 541. The van der Waals surface area contributed by atoms with Gasteiger partial charge in [0.05, 0.1) is 12.2 Å². The minimum atomic E-state index is 0.548. The van der Waals surface area contributed by atoms with Crippen LogP contribution in [0.15, 0.2) is 42.6 Å². The molecule has 0 radical (unpaired) electrons. The molecule has 18 heavy (non-hydrogen) atoms. The average Bonchev–Trinajstić information content (AvgIpc) is 2.42. The molecule has 0 aliphatic rings. The Morgan fingerprint density at radius 3 is 2.56 bits per heavy atom. The molecular weight excluding hydrogens is 226 g/mol. The summed E-state index contributed by atoms with van der Waals surface area (Å²) in [5.74, 6) is 1.55. The molecule has 0 bridgehead atoms. The number of aromatic nitrogens is 1.